The quantitative estimate of drug-likeness (QED) is 0.105. The number of fused-ring (bicyclic) bond motifs is 1. The first-order valence-electron chi connectivity index (χ1n) is 16.0. The topological polar surface area (TPSA) is 161 Å². The number of nitrogens with one attached hydrogen (secondary N) is 1. The molecule has 1 aromatic heterocycles. The Hall–Kier alpha value is -2.30. The summed E-state index contributed by atoms with van der Waals surface area (Å²) < 4.78 is 78.7. The first-order valence-corrected chi connectivity index (χ1v) is 21.3. The van der Waals surface area contributed by atoms with Crippen LogP contribution in [0, 0.1) is 0 Å². The average Bonchev–Trinajstić information content (AvgIpc) is 3.34. The molecular weight excluding hydrogens is 667 g/mol. The molecule has 2 aromatic carbocycles. The number of aromatic nitrogens is 1. The summed E-state index contributed by atoms with van der Waals surface area (Å²) >= 11 is 1.19. The monoisotopic (exact) mass is 715 g/mol. The standard InChI is InChI=1S/C31H49N5O6S4/c1-4-5-6-7-8-9-10-11-12-13-14-15-16-17-24-35(2)46(41,42)28-22-23-30-29(25-28)36(3)31(43-30)33-34-45(39,40)27-20-18-26(19-21-27)44(32,37)38/h18-23,25,34H,4-17,24H2,1-3H3,(H2,32,37,38)/b33-31+. The smallest absolute Gasteiger partial charge is 0.276 e. The predicted molar refractivity (Wildman–Crippen MR) is 185 cm³/mol. The molecule has 0 atom stereocenters. The van der Waals surface area contributed by atoms with Crippen LogP contribution in [0.15, 0.2) is 62.3 Å². The molecule has 15 heteroatoms. The van der Waals surface area contributed by atoms with Gasteiger partial charge in [-0.3, -0.25) is 0 Å². The highest BCUT2D eigenvalue weighted by molar-refractivity contribution is 7.90. The van der Waals surface area contributed by atoms with Gasteiger partial charge in [0.25, 0.3) is 10.0 Å². The lowest BCUT2D eigenvalue weighted by atomic mass is 10.0. The van der Waals surface area contributed by atoms with Gasteiger partial charge < -0.3 is 4.57 Å². The Morgan fingerprint density at radius 1 is 0.739 bits per heavy atom. The van der Waals surface area contributed by atoms with Crippen LogP contribution < -0.4 is 14.8 Å². The third-order valence-corrected chi connectivity index (χ3v) is 13.2. The Balaban J connectivity index is 1.50. The second-order valence-electron chi connectivity index (χ2n) is 11.7. The van der Waals surface area contributed by atoms with Gasteiger partial charge in [0.15, 0.2) is 0 Å². The number of thiazole rings is 1. The van der Waals surface area contributed by atoms with Crippen LogP contribution in [0.4, 0.5) is 0 Å². The molecular formula is C31H49N5O6S4. The number of benzene rings is 2. The fourth-order valence-electron chi connectivity index (χ4n) is 5.16. The highest BCUT2D eigenvalue weighted by Crippen LogP contribution is 2.23. The summed E-state index contributed by atoms with van der Waals surface area (Å²) in [7, 11) is -8.51. The molecule has 0 aliphatic rings. The molecule has 0 radical (unpaired) electrons. The molecule has 0 saturated heterocycles. The van der Waals surface area contributed by atoms with Crippen molar-refractivity contribution in [2.75, 3.05) is 13.6 Å². The van der Waals surface area contributed by atoms with E-state index in [0.29, 0.717) is 16.9 Å². The Labute approximate surface area is 279 Å². The Morgan fingerprint density at radius 2 is 1.22 bits per heavy atom. The molecule has 0 bridgehead atoms. The molecule has 0 aliphatic carbocycles. The van der Waals surface area contributed by atoms with Crippen molar-refractivity contribution in [1.29, 1.82) is 0 Å². The number of hydrogen-bond donors (Lipinski definition) is 2. The predicted octanol–water partition coefficient (Wildman–Crippen LogP) is 5.78. The van der Waals surface area contributed by atoms with Crippen molar-refractivity contribution in [3.05, 3.63) is 47.3 Å². The Bertz CT molecular complexity index is 1800. The van der Waals surface area contributed by atoms with Gasteiger partial charge in [0.1, 0.15) is 0 Å². The lowest BCUT2D eigenvalue weighted by Gasteiger charge is -2.17. The molecule has 0 unspecified atom stereocenters. The van der Waals surface area contributed by atoms with Gasteiger partial charge in [0, 0.05) is 20.6 Å². The van der Waals surface area contributed by atoms with Crippen molar-refractivity contribution in [2.24, 2.45) is 17.3 Å². The van der Waals surface area contributed by atoms with Crippen LogP contribution in [0.5, 0.6) is 0 Å². The van der Waals surface area contributed by atoms with E-state index >= 15 is 0 Å². The zero-order chi connectivity index (χ0) is 33.8. The fourth-order valence-corrected chi connectivity index (χ4v) is 8.73. The van der Waals surface area contributed by atoms with Gasteiger partial charge in [-0.25, -0.2) is 26.3 Å². The minimum absolute atomic E-state index is 0.156. The normalized spacial score (nSPS) is 13.2. The first-order chi connectivity index (χ1) is 21.8. The number of sulfonamides is 3. The zero-order valence-electron chi connectivity index (χ0n) is 27.1. The maximum absolute atomic E-state index is 13.3. The Morgan fingerprint density at radius 3 is 1.74 bits per heavy atom. The van der Waals surface area contributed by atoms with Gasteiger partial charge in [-0.05, 0) is 48.9 Å². The lowest BCUT2D eigenvalue weighted by molar-refractivity contribution is 0.447. The number of rotatable bonds is 21. The summed E-state index contributed by atoms with van der Waals surface area (Å²) in [5, 5.41) is 9.10. The van der Waals surface area contributed by atoms with E-state index in [1.807, 2.05) is 0 Å². The average molecular weight is 716 g/mol. The number of primary sulfonamides is 1. The molecule has 11 nitrogen and oxygen atoms in total. The molecule has 0 fully saturated rings. The SMILES string of the molecule is CCCCCCCCCCCCCCCCN(C)S(=O)(=O)c1ccc2s/c(=N/NS(=O)(=O)c3ccc(S(N)(=O)=O)cc3)n(C)c2c1. The Kier molecular flexibility index (Phi) is 14.7. The van der Waals surface area contributed by atoms with E-state index in [2.05, 4.69) is 16.9 Å². The molecule has 46 heavy (non-hydrogen) atoms. The van der Waals surface area contributed by atoms with Crippen LogP contribution in [0.3, 0.4) is 0 Å². The molecule has 0 saturated carbocycles. The minimum Gasteiger partial charge on any atom is -0.318 e. The van der Waals surface area contributed by atoms with Gasteiger partial charge in [-0.15, -0.1) is 5.10 Å². The molecule has 3 rings (SSSR count). The van der Waals surface area contributed by atoms with Crippen LogP contribution >= 0.6 is 11.3 Å². The van der Waals surface area contributed by atoms with Crippen molar-refractivity contribution in [1.82, 2.24) is 13.7 Å². The second kappa shape index (κ2) is 17.7. The van der Waals surface area contributed by atoms with Crippen LogP contribution in [0.25, 0.3) is 10.2 Å². The third-order valence-electron chi connectivity index (χ3n) is 8.04. The number of unbranched alkanes of at least 4 members (excludes halogenated alkanes) is 13. The van der Waals surface area contributed by atoms with Crippen molar-refractivity contribution in [3.8, 4) is 0 Å². The van der Waals surface area contributed by atoms with Gasteiger partial charge in [0.2, 0.25) is 24.8 Å². The van der Waals surface area contributed by atoms with Gasteiger partial charge in [0.05, 0.1) is 24.9 Å². The van der Waals surface area contributed by atoms with Crippen LogP contribution in [0.1, 0.15) is 96.8 Å². The second-order valence-corrected chi connectivity index (χ2v) is 18.0. The molecule has 0 spiro atoms. The van der Waals surface area contributed by atoms with E-state index in [1.54, 1.807) is 36.9 Å². The van der Waals surface area contributed by atoms with Gasteiger partial charge in [-0.2, -0.15) is 13.2 Å². The summed E-state index contributed by atoms with van der Waals surface area (Å²) in [6, 6.07) is 9.25. The highest BCUT2D eigenvalue weighted by Gasteiger charge is 2.22. The van der Waals surface area contributed by atoms with E-state index in [1.165, 1.54) is 86.3 Å². The maximum Gasteiger partial charge on any atom is 0.276 e. The molecule has 3 aromatic rings. The zero-order valence-corrected chi connectivity index (χ0v) is 30.4. The van der Waals surface area contributed by atoms with Crippen molar-refractivity contribution in [2.45, 2.75) is 112 Å². The van der Waals surface area contributed by atoms with E-state index in [0.717, 1.165) is 48.2 Å². The van der Waals surface area contributed by atoms with Crippen LogP contribution in [-0.4, -0.2) is 47.7 Å². The van der Waals surface area contributed by atoms with Crippen LogP contribution in [0.2, 0.25) is 0 Å². The van der Waals surface area contributed by atoms with E-state index in [4.69, 9.17) is 5.14 Å². The number of aryl methyl sites for hydroxylation is 1. The lowest BCUT2D eigenvalue weighted by Crippen LogP contribution is -2.28. The first kappa shape index (κ1) is 38.2. The molecule has 258 valence electrons. The van der Waals surface area contributed by atoms with E-state index in [-0.39, 0.29) is 14.7 Å². The molecule has 0 amide bonds. The summed E-state index contributed by atoms with van der Waals surface area (Å²) in [4.78, 5) is 2.20. The van der Waals surface area contributed by atoms with Crippen molar-refractivity contribution in [3.63, 3.8) is 0 Å². The van der Waals surface area contributed by atoms with Crippen molar-refractivity contribution >= 4 is 51.6 Å². The summed E-state index contributed by atoms with van der Waals surface area (Å²) in [5.74, 6) is 0. The summed E-state index contributed by atoms with van der Waals surface area (Å²) in [6.07, 6.45) is 17.4. The highest BCUT2D eigenvalue weighted by atomic mass is 32.2. The van der Waals surface area contributed by atoms with Crippen molar-refractivity contribution < 1.29 is 25.3 Å². The molecule has 3 N–H and O–H groups in total. The number of nitrogens with two attached hydrogens (primary N) is 1. The molecule has 1 heterocycles. The van der Waals surface area contributed by atoms with Gasteiger partial charge >= 0.3 is 0 Å². The summed E-state index contributed by atoms with van der Waals surface area (Å²) in [6.45, 7) is 2.69. The molecule has 0 aliphatic heterocycles. The largest absolute Gasteiger partial charge is 0.318 e. The maximum atomic E-state index is 13.3. The third kappa shape index (κ3) is 11.2. The van der Waals surface area contributed by atoms with E-state index < -0.39 is 30.1 Å². The fraction of sp³-hybridized carbons (Fsp3) is 0.581. The van der Waals surface area contributed by atoms with Gasteiger partial charge in [-0.1, -0.05) is 102 Å². The summed E-state index contributed by atoms with van der Waals surface area (Å²) in [5.41, 5.74) is 0.589. The van der Waals surface area contributed by atoms with E-state index in [9.17, 15) is 25.3 Å². The number of hydrogen-bond acceptors (Lipinski definition) is 8. The van der Waals surface area contributed by atoms with Crippen LogP contribution in [-0.2, 0) is 37.1 Å². The number of nitrogens with zero attached hydrogens (tertiary/aromatic N) is 3. The minimum atomic E-state index is -4.10.